The van der Waals surface area contributed by atoms with Gasteiger partial charge in [-0.05, 0) is 53.2 Å². The molecule has 0 aliphatic carbocycles. The fourth-order valence-electron chi connectivity index (χ4n) is 4.72. The normalized spacial score (nSPS) is 12.0. The molecule has 0 atom stereocenters. The van der Waals surface area contributed by atoms with E-state index in [9.17, 15) is 0 Å². The van der Waals surface area contributed by atoms with E-state index in [1.54, 1.807) is 0 Å². The number of rotatable bonds is 1. The molecule has 140 valence electrons. The minimum Gasteiger partial charge on any atom is -0.309 e. The van der Waals surface area contributed by atoms with Crippen LogP contribution in [-0.4, -0.2) is 9.55 Å². The summed E-state index contributed by atoms with van der Waals surface area (Å²) < 4.78 is 4.92. The van der Waals surface area contributed by atoms with Crippen molar-refractivity contribution in [2.45, 2.75) is 0 Å². The summed E-state index contributed by atoms with van der Waals surface area (Å²) in [6, 6.07) is 32.6. The van der Waals surface area contributed by atoms with Gasteiger partial charge in [-0.3, -0.25) is 4.98 Å². The summed E-state index contributed by atoms with van der Waals surface area (Å²) in [6.45, 7) is 0. The summed E-state index contributed by atoms with van der Waals surface area (Å²) in [6.07, 6.45) is 1.95. The highest BCUT2D eigenvalue weighted by molar-refractivity contribution is 7.24. The predicted molar refractivity (Wildman–Crippen MR) is 129 cm³/mol. The molecule has 0 fully saturated rings. The second kappa shape index (κ2) is 5.91. The third-order valence-corrected chi connectivity index (χ3v) is 7.12. The van der Waals surface area contributed by atoms with Crippen LogP contribution in [0.3, 0.4) is 0 Å². The smallest absolute Gasteiger partial charge is 0.0817 e. The van der Waals surface area contributed by atoms with Gasteiger partial charge in [-0.25, -0.2) is 0 Å². The summed E-state index contributed by atoms with van der Waals surface area (Å²) in [4.78, 5) is 4.91. The minimum absolute atomic E-state index is 1.07. The topological polar surface area (TPSA) is 17.8 Å². The van der Waals surface area contributed by atoms with E-state index in [4.69, 9.17) is 4.98 Å². The molecule has 3 aromatic heterocycles. The molecule has 3 heterocycles. The number of hydrogen-bond donors (Lipinski definition) is 0. The molecule has 7 rings (SSSR count). The first-order valence-corrected chi connectivity index (χ1v) is 10.9. The molecule has 0 N–H and O–H groups in total. The monoisotopic (exact) mass is 400 g/mol. The van der Waals surface area contributed by atoms with E-state index in [1.807, 2.05) is 17.5 Å². The molecule has 2 nitrogen and oxygen atoms in total. The van der Waals surface area contributed by atoms with Crippen LogP contribution in [0.2, 0.25) is 0 Å². The molecule has 0 bridgehead atoms. The average molecular weight is 401 g/mol. The first kappa shape index (κ1) is 16.1. The van der Waals surface area contributed by atoms with E-state index in [1.165, 1.54) is 53.1 Å². The Morgan fingerprint density at radius 3 is 2.27 bits per heavy atom. The number of hydrogen-bond acceptors (Lipinski definition) is 2. The van der Waals surface area contributed by atoms with Gasteiger partial charge >= 0.3 is 0 Å². The maximum absolute atomic E-state index is 4.91. The zero-order chi connectivity index (χ0) is 19.7. The first-order valence-electron chi connectivity index (χ1n) is 10.1. The SMILES string of the molecule is c1ccc(-n2c3cccc4sc5cc6ccccc6cc5c5nccc2c5c43)cc1. The molecule has 0 unspecified atom stereocenters. The molecule has 7 aromatic rings. The van der Waals surface area contributed by atoms with Crippen LogP contribution in [0.5, 0.6) is 0 Å². The van der Waals surface area contributed by atoms with E-state index in [-0.39, 0.29) is 0 Å². The summed E-state index contributed by atoms with van der Waals surface area (Å²) in [5.74, 6) is 0. The van der Waals surface area contributed by atoms with Crippen LogP contribution in [0, 0.1) is 0 Å². The van der Waals surface area contributed by atoms with Crippen molar-refractivity contribution >= 4 is 64.2 Å². The highest BCUT2D eigenvalue weighted by Gasteiger charge is 2.18. The van der Waals surface area contributed by atoms with Crippen molar-refractivity contribution in [1.29, 1.82) is 0 Å². The molecular weight excluding hydrogens is 384 g/mol. The highest BCUT2D eigenvalue weighted by Crippen LogP contribution is 2.42. The number of fused-ring (bicyclic) bond motifs is 3. The summed E-state index contributed by atoms with van der Waals surface area (Å²) >= 11 is 1.85. The molecule has 3 heteroatoms. The third kappa shape index (κ3) is 2.10. The maximum atomic E-state index is 4.91. The molecular formula is C27H16N2S. The summed E-state index contributed by atoms with van der Waals surface area (Å²) in [5.41, 5.74) is 4.68. The van der Waals surface area contributed by atoms with Gasteiger partial charge in [0.05, 0.1) is 16.6 Å². The Labute approximate surface area is 176 Å². The molecule has 4 aromatic carbocycles. The Balaban J connectivity index is 1.80. The van der Waals surface area contributed by atoms with E-state index >= 15 is 0 Å². The van der Waals surface area contributed by atoms with Crippen LogP contribution < -0.4 is 0 Å². The second-order valence-electron chi connectivity index (χ2n) is 7.67. The van der Waals surface area contributed by atoms with Gasteiger partial charge in [-0.2, -0.15) is 0 Å². The van der Waals surface area contributed by atoms with Crippen molar-refractivity contribution < 1.29 is 0 Å². The van der Waals surface area contributed by atoms with Crippen LogP contribution >= 0.6 is 11.3 Å². The van der Waals surface area contributed by atoms with Gasteiger partial charge < -0.3 is 4.57 Å². The van der Waals surface area contributed by atoms with Crippen molar-refractivity contribution in [2.24, 2.45) is 0 Å². The quantitative estimate of drug-likeness (QED) is 0.276. The van der Waals surface area contributed by atoms with Gasteiger partial charge in [-0.15, -0.1) is 11.3 Å². The van der Waals surface area contributed by atoms with Crippen LogP contribution in [0.4, 0.5) is 0 Å². The lowest BCUT2D eigenvalue weighted by Gasteiger charge is -2.08. The van der Waals surface area contributed by atoms with E-state index < -0.39 is 0 Å². The van der Waals surface area contributed by atoms with Gasteiger partial charge in [0.2, 0.25) is 0 Å². The maximum Gasteiger partial charge on any atom is 0.0817 e. The minimum atomic E-state index is 1.07. The lowest BCUT2D eigenvalue weighted by Crippen LogP contribution is -1.93. The predicted octanol–water partition coefficient (Wildman–Crippen LogP) is 7.70. The second-order valence-corrected chi connectivity index (χ2v) is 8.76. The van der Waals surface area contributed by atoms with E-state index in [2.05, 4.69) is 95.6 Å². The largest absolute Gasteiger partial charge is 0.309 e. The number of benzene rings is 4. The highest BCUT2D eigenvalue weighted by atomic mass is 32.1. The third-order valence-electron chi connectivity index (χ3n) is 6.00. The molecule has 0 spiro atoms. The molecule has 30 heavy (non-hydrogen) atoms. The molecule has 0 aliphatic rings. The van der Waals surface area contributed by atoms with E-state index in [0.29, 0.717) is 0 Å². The van der Waals surface area contributed by atoms with Crippen LogP contribution in [0.25, 0.3) is 58.6 Å². The molecule has 0 aliphatic heterocycles. The Hall–Kier alpha value is -3.69. The lowest BCUT2D eigenvalue weighted by atomic mass is 10.1. The van der Waals surface area contributed by atoms with Gasteiger partial charge in [0, 0.05) is 37.4 Å². The fourth-order valence-corrected chi connectivity index (χ4v) is 5.87. The number of aromatic nitrogens is 2. The molecule has 0 saturated heterocycles. The van der Waals surface area contributed by atoms with Gasteiger partial charge in [0.25, 0.3) is 0 Å². The summed E-state index contributed by atoms with van der Waals surface area (Å²) in [5, 5.41) is 6.27. The Kier molecular flexibility index (Phi) is 3.18. The molecule has 0 amide bonds. The van der Waals surface area contributed by atoms with Gasteiger partial charge in [0.1, 0.15) is 0 Å². The van der Waals surface area contributed by atoms with E-state index in [0.717, 1.165) is 5.52 Å². The molecule has 0 saturated carbocycles. The number of nitrogens with zero attached hydrogens (tertiary/aromatic N) is 2. The van der Waals surface area contributed by atoms with Crippen molar-refractivity contribution in [3.63, 3.8) is 0 Å². The standard InChI is InChI=1S/C27H16N2S/c1-2-9-19(10-3-1)29-21-11-6-12-23-25(21)26-22(29)13-14-28-27(26)20-15-17-7-4-5-8-18(17)16-24(20)30-23/h1-16H. The average Bonchev–Trinajstić information content (AvgIpc) is 3.07. The number of pyridine rings is 1. The Bertz CT molecular complexity index is 1740. The Morgan fingerprint density at radius 1 is 0.633 bits per heavy atom. The van der Waals surface area contributed by atoms with Crippen molar-refractivity contribution in [3.05, 3.63) is 97.2 Å². The van der Waals surface area contributed by atoms with Crippen LogP contribution in [0.1, 0.15) is 0 Å². The zero-order valence-electron chi connectivity index (χ0n) is 16.0. The zero-order valence-corrected chi connectivity index (χ0v) is 16.9. The fraction of sp³-hybridized carbons (Fsp3) is 0. The van der Waals surface area contributed by atoms with Crippen molar-refractivity contribution in [3.8, 4) is 5.69 Å². The Morgan fingerprint density at radius 2 is 1.40 bits per heavy atom. The van der Waals surface area contributed by atoms with Crippen molar-refractivity contribution in [2.75, 3.05) is 0 Å². The van der Waals surface area contributed by atoms with Crippen LogP contribution in [0.15, 0.2) is 97.2 Å². The van der Waals surface area contributed by atoms with Crippen LogP contribution in [-0.2, 0) is 0 Å². The summed E-state index contributed by atoms with van der Waals surface area (Å²) in [7, 11) is 0. The van der Waals surface area contributed by atoms with Crippen molar-refractivity contribution in [1.82, 2.24) is 9.55 Å². The first-order chi connectivity index (χ1) is 14.9. The molecule has 0 radical (unpaired) electrons. The van der Waals surface area contributed by atoms with Gasteiger partial charge in [0.15, 0.2) is 0 Å². The van der Waals surface area contributed by atoms with Gasteiger partial charge in [-0.1, -0.05) is 48.5 Å². The lowest BCUT2D eigenvalue weighted by molar-refractivity contribution is 1.18. The number of para-hydroxylation sites is 1.